The van der Waals surface area contributed by atoms with Crippen molar-refractivity contribution in [2.75, 3.05) is 19.6 Å². The molecule has 164 valence electrons. The van der Waals surface area contributed by atoms with Crippen molar-refractivity contribution in [2.45, 2.75) is 29.0 Å². The van der Waals surface area contributed by atoms with E-state index in [-0.39, 0.29) is 11.9 Å². The van der Waals surface area contributed by atoms with E-state index >= 15 is 0 Å². The smallest absolute Gasteiger partial charge is 0.250 e. The Morgan fingerprint density at radius 2 is 2.06 bits per heavy atom. The molecule has 0 radical (unpaired) electrons. The first-order valence-electron chi connectivity index (χ1n) is 10.5. The zero-order valence-electron chi connectivity index (χ0n) is 17.2. The minimum atomic E-state index is -3.43. The summed E-state index contributed by atoms with van der Waals surface area (Å²) in [5.41, 5.74) is 2.95. The highest BCUT2D eigenvalue weighted by Crippen LogP contribution is 2.42. The molecule has 5 heterocycles. The number of piperidine rings is 3. The van der Waals surface area contributed by atoms with Crippen LogP contribution in [-0.4, -0.2) is 48.8 Å². The molecule has 6 rings (SSSR count). The topological polar surface area (TPSA) is 67.2 Å². The number of aryl methyl sites for hydroxylation is 1. The van der Waals surface area contributed by atoms with E-state index in [1.54, 1.807) is 29.6 Å². The van der Waals surface area contributed by atoms with Crippen LogP contribution in [0.2, 0.25) is 0 Å². The molecule has 4 atom stereocenters. The van der Waals surface area contributed by atoms with Crippen LogP contribution in [0.5, 0.6) is 0 Å². The molecule has 0 aliphatic carbocycles. The van der Waals surface area contributed by atoms with E-state index in [0.717, 1.165) is 37.2 Å². The van der Waals surface area contributed by atoms with Gasteiger partial charge >= 0.3 is 0 Å². The minimum absolute atomic E-state index is 0.217. The molecule has 3 saturated heterocycles. The molecule has 3 fully saturated rings. The Balaban J connectivity index is 1.29. The van der Waals surface area contributed by atoms with E-state index < -0.39 is 10.0 Å². The largest absolute Gasteiger partial charge is 0.298 e. The highest BCUT2D eigenvalue weighted by atomic mass is 32.2. The first-order valence-corrected chi connectivity index (χ1v) is 12.8. The molecule has 2 bridgehead atoms. The van der Waals surface area contributed by atoms with Gasteiger partial charge in [-0.1, -0.05) is 6.07 Å². The molecule has 2 aromatic heterocycles. The fraction of sp³-hybridized carbons (Fsp3) is 0.409. The molecule has 3 aliphatic rings. The fourth-order valence-electron chi connectivity index (χ4n) is 4.97. The van der Waals surface area contributed by atoms with Gasteiger partial charge in [-0.2, -0.15) is 5.10 Å². The van der Waals surface area contributed by atoms with Crippen molar-refractivity contribution >= 4 is 21.4 Å². The van der Waals surface area contributed by atoms with Gasteiger partial charge in [0.2, 0.25) is 10.0 Å². The lowest BCUT2D eigenvalue weighted by Crippen LogP contribution is -2.56. The van der Waals surface area contributed by atoms with Gasteiger partial charge in [-0.15, -0.1) is 11.3 Å². The highest BCUT2D eigenvalue weighted by molar-refractivity contribution is 7.91. The number of hydrogen-bond acceptors (Lipinski definition) is 5. The molecular formula is C22H25FN4O2S2. The number of thiophene rings is 1. The lowest BCUT2D eigenvalue weighted by atomic mass is 9.74. The minimum Gasteiger partial charge on any atom is -0.298 e. The number of sulfonamides is 1. The average molecular weight is 461 g/mol. The summed E-state index contributed by atoms with van der Waals surface area (Å²) in [6.45, 7) is 2.34. The van der Waals surface area contributed by atoms with Gasteiger partial charge in [0.25, 0.3) is 0 Å². The third-order valence-electron chi connectivity index (χ3n) is 6.58. The van der Waals surface area contributed by atoms with Crippen molar-refractivity contribution in [3.05, 3.63) is 59.4 Å². The van der Waals surface area contributed by atoms with Crippen molar-refractivity contribution in [3.63, 3.8) is 0 Å². The van der Waals surface area contributed by atoms with Crippen LogP contribution in [-0.2, 0) is 17.1 Å². The number of fused-ring (bicyclic) bond motifs is 3. The maximum Gasteiger partial charge on any atom is 0.250 e. The molecule has 3 aliphatic heterocycles. The van der Waals surface area contributed by atoms with Crippen molar-refractivity contribution in [1.82, 2.24) is 19.4 Å². The van der Waals surface area contributed by atoms with Crippen LogP contribution in [0.4, 0.5) is 4.39 Å². The van der Waals surface area contributed by atoms with Gasteiger partial charge in [0, 0.05) is 43.4 Å². The standard InChI is InChI=1S/C22H25FN4O2S2/c1-26-21(12-20(25-26)15-4-6-17(23)7-5-15)19-14-27-9-8-16(19)11-18(27)13-24-31(28,29)22-3-2-10-30-22/h2-7,10,12,16,18-19,24H,8-9,11,13-14H2,1H3. The molecular weight excluding hydrogens is 435 g/mol. The Morgan fingerprint density at radius 1 is 1.26 bits per heavy atom. The number of hydrogen-bond donors (Lipinski definition) is 1. The number of benzene rings is 1. The van der Waals surface area contributed by atoms with Crippen LogP contribution >= 0.6 is 11.3 Å². The molecule has 0 saturated carbocycles. The van der Waals surface area contributed by atoms with E-state index in [1.807, 2.05) is 11.7 Å². The molecule has 4 unspecified atom stereocenters. The van der Waals surface area contributed by atoms with Crippen LogP contribution in [0, 0.1) is 11.7 Å². The number of halogens is 1. The Labute approximate surface area is 185 Å². The maximum absolute atomic E-state index is 13.3. The predicted octanol–water partition coefficient (Wildman–Crippen LogP) is 3.44. The number of nitrogens with zero attached hydrogens (tertiary/aromatic N) is 3. The second kappa shape index (κ2) is 8.12. The zero-order chi connectivity index (χ0) is 21.6. The summed E-state index contributed by atoms with van der Waals surface area (Å²) >= 11 is 1.24. The van der Waals surface area contributed by atoms with Crippen LogP contribution in [0.25, 0.3) is 11.3 Å². The summed E-state index contributed by atoms with van der Waals surface area (Å²) in [5.74, 6) is 0.612. The number of nitrogens with one attached hydrogen (secondary N) is 1. The summed E-state index contributed by atoms with van der Waals surface area (Å²) in [5, 5.41) is 6.45. The second-order valence-corrected chi connectivity index (χ2v) is 11.4. The van der Waals surface area contributed by atoms with E-state index in [2.05, 4.69) is 20.8 Å². The van der Waals surface area contributed by atoms with Crippen LogP contribution in [0.1, 0.15) is 24.5 Å². The lowest BCUT2D eigenvalue weighted by molar-refractivity contribution is 0.0306. The average Bonchev–Trinajstić information content (AvgIpc) is 3.44. The van der Waals surface area contributed by atoms with Gasteiger partial charge in [-0.05, 0) is 67.1 Å². The summed E-state index contributed by atoms with van der Waals surface area (Å²) < 4.78 is 43.3. The van der Waals surface area contributed by atoms with E-state index in [4.69, 9.17) is 0 Å². The quantitative estimate of drug-likeness (QED) is 0.612. The van der Waals surface area contributed by atoms with Gasteiger partial charge in [-0.25, -0.2) is 17.5 Å². The third-order valence-corrected chi connectivity index (χ3v) is 9.40. The van der Waals surface area contributed by atoms with Gasteiger partial charge < -0.3 is 0 Å². The Kier molecular flexibility index (Phi) is 5.45. The van der Waals surface area contributed by atoms with E-state index in [9.17, 15) is 12.8 Å². The van der Waals surface area contributed by atoms with Crippen LogP contribution in [0.3, 0.4) is 0 Å². The summed E-state index contributed by atoms with van der Waals surface area (Å²) in [6, 6.07) is 12.2. The van der Waals surface area contributed by atoms with Crippen LogP contribution in [0.15, 0.2) is 52.1 Å². The summed E-state index contributed by atoms with van der Waals surface area (Å²) in [7, 11) is -1.47. The molecule has 1 N–H and O–H groups in total. The molecule has 9 heteroatoms. The molecule has 1 aromatic carbocycles. The predicted molar refractivity (Wildman–Crippen MR) is 119 cm³/mol. The molecule has 31 heavy (non-hydrogen) atoms. The third kappa shape index (κ3) is 4.07. The monoisotopic (exact) mass is 460 g/mol. The Bertz CT molecular complexity index is 1160. The maximum atomic E-state index is 13.3. The molecule has 3 aromatic rings. The fourth-order valence-corrected chi connectivity index (χ4v) is 7.08. The Morgan fingerprint density at radius 3 is 2.74 bits per heavy atom. The van der Waals surface area contributed by atoms with E-state index in [0.29, 0.717) is 22.6 Å². The van der Waals surface area contributed by atoms with Gasteiger partial charge in [-0.3, -0.25) is 9.58 Å². The zero-order valence-corrected chi connectivity index (χ0v) is 18.9. The van der Waals surface area contributed by atoms with Gasteiger partial charge in [0.1, 0.15) is 10.0 Å². The molecule has 6 nitrogen and oxygen atoms in total. The number of aromatic nitrogens is 2. The van der Waals surface area contributed by atoms with Crippen molar-refractivity contribution in [3.8, 4) is 11.3 Å². The number of rotatable bonds is 6. The van der Waals surface area contributed by atoms with Crippen molar-refractivity contribution in [2.24, 2.45) is 13.0 Å². The van der Waals surface area contributed by atoms with Gasteiger partial charge in [0.15, 0.2) is 0 Å². The molecule has 0 amide bonds. The van der Waals surface area contributed by atoms with E-state index in [1.165, 1.54) is 29.2 Å². The molecule has 0 spiro atoms. The lowest BCUT2D eigenvalue weighted by Gasteiger charge is -2.49. The highest BCUT2D eigenvalue weighted by Gasteiger charge is 2.42. The normalized spacial score (nSPS) is 25.7. The summed E-state index contributed by atoms with van der Waals surface area (Å²) in [6.07, 6.45) is 2.07. The Hall–Kier alpha value is -2.07. The van der Waals surface area contributed by atoms with Crippen LogP contribution < -0.4 is 4.72 Å². The SMILES string of the molecule is Cn1nc(-c2ccc(F)cc2)cc1C1CN2CCC1CC2CNS(=O)(=O)c1cccs1. The first kappa shape index (κ1) is 20.8. The first-order chi connectivity index (χ1) is 14.9. The summed E-state index contributed by atoms with van der Waals surface area (Å²) in [4.78, 5) is 2.41. The van der Waals surface area contributed by atoms with Crippen molar-refractivity contribution < 1.29 is 12.8 Å². The second-order valence-electron chi connectivity index (χ2n) is 8.41. The van der Waals surface area contributed by atoms with Crippen molar-refractivity contribution in [1.29, 1.82) is 0 Å². The van der Waals surface area contributed by atoms with Gasteiger partial charge in [0.05, 0.1) is 5.69 Å².